The van der Waals surface area contributed by atoms with Crippen LogP contribution in [-0.2, 0) is 11.3 Å². The van der Waals surface area contributed by atoms with Gasteiger partial charge in [0.15, 0.2) is 0 Å². The van der Waals surface area contributed by atoms with E-state index >= 15 is 0 Å². The van der Waals surface area contributed by atoms with Gasteiger partial charge in [-0.3, -0.25) is 4.79 Å². The number of halogens is 1. The molecule has 4 saturated carbocycles. The van der Waals surface area contributed by atoms with E-state index in [1.54, 1.807) is 11.3 Å². The second-order valence-corrected chi connectivity index (χ2v) is 10.4. The summed E-state index contributed by atoms with van der Waals surface area (Å²) < 4.78 is 0.352. The van der Waals surface area contributed by atoms with Crippen LogP contribution in [0.15, 0.2) is 17.5 Å². The molecule has 1 aromatic rings. The van der Waals surface area contributed by atoms with E-state index in [0.717, 1.165) is 18.3 Å². The van der Waals surface area contributed by atoms with Crippen molar-refractivity contribution >= 4 is 33.2 Å². The smallest absolute Gasteiger partial charge is 0.220 e. The van der Waals surface area contributed by atoms with Gasteiger partial charge in [-0.15, -0.1) is 11.3 Å². The van der Waals surface area contributed by atoms with E-state index in [1.165, 1.54) is 43.4 Å². The van der Waals surface area contributed by atoms with Crippen LogP contribution < -0.4 is 5.32 Å². The van der Waals surface area contributed by atoms with Gasteiger partial charge in [-0.25, -0.2) is 0 Å². The predicted molar refractivity (Wildman–Crippen MR) is 89.6 cm³/mol. The van der Waals surface area contributed by atoms with Crippen molar-refractivity contribution in [1.82, 2.24) is 5.32 Å². The third-order valence-electron chi connectivity index (χ3n) is 5.69. The highest BCUT2D eigenvalue weighted by Crippen LogP contribution is 2.65. The molecule has 1 heterocycles. The van der Waals surface area contributed by atoms with Gasteiger partial charge in [0, 0.05) is 15.6 Å². The normalized spacial score (nSPS) is 40.4. The topological polar surface area (TPSA) is 29.1 Å². The van der Waals surface area contributed by atoms with Crippen molar-refractivity contribution in [2.24, 2.45) is 17.3 Å². The lowest BCUT2D eigenvalue weighted by Gasteiger charge is -2.60. The Balaban J connectivity index is 1.41. The fourth-order valence-corrected chi connectivity index (χ4v) is 7.70. The van der Waals surface area contributed by atoms with Gasteiger partial charge >= 0.3 is 0 Å². The lowest BCUT2D eigenvalue weighted by Crippen LogP contribution is -2.54. The third-order valence-corrected chi connectivity index (χ3v) is 7.49. The summed E-state index contributed by atoms with van der Waals surface area (Å²) in [4.78, 5) is 13.6. The van der Waals surface area contributed by atoms with E-state index < -0.39 is 0 Å². The van der Waals surface area contributed by atoms with Crippen LogP contribution in [0.5, 0.6) is 0 Å². The van der Waals surface area contributed by atoms with Gasteiger partial charge in [0.2, 0.25) is 5.91 Å². The average molecular weight is 368 g/mol. The highest BCUT2D eigenvalue weighted by atomic mass is 79.9. The van der Waals surface area contributed by atoms with Crippen molar-refractivity contribution in [3.63, 3.8) is 0 Å². The maximum atomic E-state index is 12.4. The van der Waals surface area contributed by atoms with E-state index in [-0.39, 0.29) is 11.3 Å². The molecular formula is C17H22BrNOS. The van der Waals surface area contributed by atoms with Crippen LogP contribution in [0.2, 0.25) is 0 Å². The van der Waals surface area contributed by atoms with Crippen molar-refractivity contribution in [3.05, 3.63) is 22.4 Å². The lowest BCUT2D eigenvalue weighted by molar-refractivity contribution is -0.128. The molecule has 0 spiro atoms. The first kappa shape index (κ1) is 14.3. The molecule has 1 N–H and O–H groups in total. The molecule has 2 nitrogen and oxygen atoms in total. The standard InChI is InChI=1S/C17H22BrNOS/c18-17-7-12-4-13(8-17)6-16(5-12,11-17)9-15(20)19-10-14-2-1-3-21-14/h1-3,12-13H,4-11H2,(H,19,20)/t12-,13-,16?,17?/m0/s1. The first-order chi connectivity index (χ1) is 10.0. The Hall–Kier alpha value is -0.350. The summed E-state index contributed by atoms with van der Waals surface area (Å²) in [6, 6.07) is 4.13. The molecular weight excluding hydrogens is 346 g/mol. The summed E-state index contributed by atoms with van der Waals surface area (Å²) in [5.41, 5.74) is 0.285. The molecule has 114 valence electrons. The molecule has 0 radical (unpaired) electrons. The molecule has 0 saturated heterocycles. The van der Waals surface area contributed by atoms with Crippen LogP contribution in [0.4, 0.5) is 0 Å². The van der Waals surface area contributed by atoms with Crippen molar-refractivity contribution in [2.75, 3.05) is 0 Å². The van der Waals surface area contributed by atoms with Crippen molar-refractivity contribution in [1.29, 1.82) is 0 Å². The monoisotopic (exact) mass is 367 g/mol. The van der Waals surface area contributed by atoms with Crippen LogP contribution in [0.3, 0.4) is 0 Å². The van der Waals surface area contributed by atoms with Gasteiger partial charge in [-0.2, -0.15) is 0 Å². The third kappa shape index (κ3) is 2.81. The summed E-state index contributed by atoms with van der Waals surface area (Å²) in [6.45, 7) is 0.693. The zero-order valence-corrected chi connectivity index (χ0v) is 14.6. The Morgan fingerprint density at radius 3 is 2.71 bits per heavy atom. The van der Waals surface area contributed by atoms with Gasteiger partial charge in [0.25, 0.3) is 0 Å². The zero-order chi connectivity index (χ0) is 14.5. The van der Waals surface area contributed by atoms with Crippen molar-refractivity contribution < 1.29 is 4.79 Å². The second-order valence-electron chi connectivity index (χ2n) is 7.64. The summed E-state index contributed by atoms with van der Waals surface area (Å²) in [5, 5.41) is 5.19. The molecule has 4 aliphatic rings. The van der Waals surface area contributed by atoms with Crippen LogP contribution in [0.25, 0.3) is 0 Å². The number of alkyl halides is 1. The van der Waals surface area contributed by atoms with Gasteiger partial charge in [-0.1, -0.05) is 22.0 Å². The number of hydrogen-bond acceptors (Lipinski definition) is 2. The Kier molecular flexibility index (Phi) is 3.45. The molecule has 5 rings (SSSR count). The van der Waals surface area contributed by atoms with Crippen molar-refractivity contribution in [3.8, 4) is 0 Å². The molecule has 0 aliphatic heterocycles. The molecule has 0 aromatic carbocycles. The van der Waals surface area contributed by atoms with Crippen molar-refractivity contribution in [2.45, 2.75) is 55.8 Å². The van der Waals surface area contributed by atoms with E-state index in [0.29, 0.717) is 10.9 Å². The number of hydrogen-bond donors (Lipinski definition) is 1. The summed E-state index contributed by atoms with van der Waals surface area (Å²) in [7, 11) is 0. The molecule has 4 aliphatic carbocycles. The number of rotatable bonds is 4. The number of nitrogens with one attached hydrogen (secondary N) is 1. The second kappa shape index (κ2) is 5.09. The molecule has 1 aromatic heterocycles. The van der Waals surface area contributed by atoms with Gasteiger partial charge in [-0.05, 0) is 67.2 Å². The quantitative estimate of drug-likeness (QED) is 0.780. The van der Waals surface area contributed by atoms with E-state index in [1.807, 2.05) is 6.07 Å². The number of amides is 1. The molecule has 4 bridgehead atoms. The Morgan fingerprint density at radius 2 is 2.10 bits per heavy atom. The SMILES string of the molecule is O=C(CC12C[C@@H]3C[C@H](CC(Br)(C3)C1)C2)NCc1cccs1. The maximum absolute atomic E-state index is 12.4. The molecule has 2 atom stereocenters. The Morgan fingerprint density at radius 1 is 1.33 bits per heavy atom. The number of thiophene rings is 1. The minimum Gasteiger partial charge on any atom is -0.351 e. The minimum atomic E-state index is 0.251. The van der Waals surface area contributed by atoms with Gasteiger partial charge in [0.05, 0.1) is 6.54 Å². The highest BCUT2D eigenvalue weighted by Gasteiger charge is 2.57. The minimum absolute atomic E-state index is 0.251. The summed E-state index contributed by atoms with van der Waals surface area (Å²) in [5.74, 6) is 1.97. The van der Waals surface area contributed by atoms with Gasteiger partial charge < -0.3 is 5.32 Å². The van der Waals surface area contributed by atoms with E-state index in [2.05, 4.69) is 32.7 Å². The van der Waals surface area contributed by atoms with Gasteiger partial charge in [0.1, 0.15) is 0 Å². The zero-order valence-electron chi connectivity index (χ0n) is 12.2. The maximum Gasteiger partial charge on any atom is 0.220 e. The summed E-state index contributed by atoms with van der Waals surface area (Å²) >= 11 is 5.73. The molecule has 4 heteroatoms. The highest BCUT2D eigenvalue weighted by molar-refractivity contribution is 9.10. The van der Waals surface area contributed by atoms with Crippen LogP contribution in [0, 0.1) is 17.3 Å². The molecule has 21 heavy (non-hydrogen) atoms. The van der Waals surface area contributed by atoms with E-state index in [9.17, 15) is 4.79 Å². The largest absolute Gasteiger partial charge is 0.351 e. The van der Waals surface area contributed by atoms with Crippen LogP contribution in [0.1, 0.15) is 49.8 Å². The lowest BCUT2D eigenvalue weighted by atomic mass is 9.48. The molecule has 4 fully saturated rings. The number of carbonyl (C=O) groups is 1. The Labute approximate surface area is 138 Å². The first-order valence-electron chi connectivity index (χ1n) is 8.02. The van der Waals surface area contributed by atoms with E-state index in [4.69, 9.17) is 0 Å². The molecule has 0 unspecified atom stereocenters. The average Bonchev–Trinajstić information content (AvgIpc) is 2.85. The van der Waals surface area contributed by atoms with Crippen LogP contribution in [-0.4, -0.2) is 10.2 Å². The predicted octanol–water partition coefficient (Wildman–Crippen LogP) is 4.49. The number of carbonyl (C=O) groups excluding carboxylic acids is 1. The summed E-state index contributed by atoms with van der Waals surface area (Å²) in [6.07, 6.45) is 8.58. The fourth-order valence-electron chi connectivity index (χ4n) is 5.54. The molecule has 1 amide bonds. The first-order valence-corrected chi connectivity index (χ1v) is 9.70. The fraction of sp³-hybridized carbons (Fsp3) is 0.706. The Bertz CT molecular complexity index is 527. The van der Waals surface area contributed by atoms with Crippen LogP contribution >= 0.6 is 27.3 Å².